The fourth-order valence-corrected chi connectivity index (χ4v) is 4.11. The molecule has 0 radical (unpaired) electrons. The van der Waals surface area contributed by atoms with Gasteiger partial charge in [-0.1, -0.05) is 17.8 Å². The molecule has 0 bridgehead atoms. The molecule has 1 aromatic carbocycles. The Kier molecular flexibility index (Phi) is 6.46. The van der Waals surface area contributed by atoms with Gasteiger partial charge in [-0.25, -0.2) is 18.7 Å². The van der Waals surface area contributed by atoms with Crippen LogP contribution in [0.3, 0.4) is 0 Å². The van der Waals surface area contributed by atoms with Crippen LogP contribution >= 0.6 is 11.8 Å². The van der Waals surface area contributed by atoms with Crippen LogP contribution in [0.15, 0.2) is 48.8 Å². The van der Waals surface area contributed by atoms with Crippen LogP contribution in [0, 0.1) is 18.3 Å². The van der Waals surface area contributed by atoms with Gasteiger partial charge in [0.25, 0.3) is 5.92 Å². The molecule has 3 aromatic rings. The minimum absolute atomic E-state index is 0.0523. The lowest BCUT2D eigenvalue weighted by atomic mass is 10.0. The SMILES string of the molecule is Cc1cc(N2CCC(F)(F)C2)ncc1Oc1ccc(-c2cccnc2F)cc1CSC(=N)N. The molecule has 0 spiro atoms. The number of amidine groups is 1. The van der Waals surface area contributed by atoms with Crippen molar-refractivity contribution < 1.29 is 17.9 Å². The molecule has 2 aromatic heterocycles. The number of pyridine rings is 2. The van der Waals surface area contributed by atoms with Gasteiger partial charge in [0.1, 0.15) is 17.3 Å². The van der Waals surface area contributed by atoms with Gasteiger partial charge in [0, 0.05) is 36.0 Å². The largest absolute Gasteiger partial charge is 0.455 e. The first-order valence-corrected chi connectivity index (χ1v) is 11.2. The van der Waals surface area contributed by atoms with Crippen molar-refractivity contribution in [2.45, 2.75) is 25.0 Å². The fourth-order valence-electron chi connectivity index (χ4n) is 3.57. The summed E-state index contributed by atoms with van der Waals surface area (Å²) in [6.45, 7) is 1.72. The van der Waals surface area contributed by atoms with Crippen LogP contribution in [-0.2, 0) is 5.75 Å². The van der Waals surface area contributed by atoms with Crippen LogP contribution < -0.4 is 15.4 Å². The zero-order valence-electron chi connectivity index (χ0n) is 17.8. The molecule has 33 heavy (non-hydrogen) atoms. The summed E-state index contributed by atoms with van der Waals surface area (Å²) < 4.78 is 47.4. The molecule has 0 atom stereocenters. The Labute approximate surface area is 193 Å². The molecule has 1 aliphatic rings. The van der Waals surface area contributed by atoms with E-state index < -0.39 is 11.9 Å². The van der Waals surface area contributed by atoms with E-state index in [1.807, 2.05) is 6.92 Å². The molecule has 4 rings (SSSR count). The molecule has 0 unspecified atom stereocenters. The van der Waals surface area contributed by atoms with Crippen molar-refractivity contribution in [3.63, 3.8) is 0 Å². The molecule has 0 amide bonds. The van der Waals surface area contributed by atoms with Gasteiger partial charge < -0.3 is 15.4 Å². The third-order valence-electron chi connectivity index (χ3n) is 5.28. The number of benzene rings is 1. The standard InChI is InChI=1S/C23H22F3N5OS/c1-14-9-20(31-8-6-23(25,26)13-31)30-11-19(14)32-18-5-4-15(10-16(18)12-33-22(27)28)17-3-2-7-29-21(17)24/h2-5,7,9-11H,6,8,12-13H2,1H3,(H3,27,28). The molecule has 10 heteroatoms. The van der Waals surface area contributed by atoms with Crippen LogP contribution in [0.2, 0.25) is 0 Å². The number of alkyl halides is 2. The third kappa shape index (κ3) is 5.39. The molecule has 1 aliphatic heterocycles. The maximum Gasteiger partial charge on any atom is 0.266 e. The Bertz CT molecular complexity index is 1190. The summed E-state index contributed by atoms with van der Waals surface area (Å²) in [6.07, 6.45) is 2.70. The van der Waals surface area contributed by atoms with E-state index in [4.69, 9.17) is 15.9 Å². The number of ether oxygens (including phenoxy) is 1. The number of hydrogen-bond acceptors (Lipinski definition) is 6. The maximum absolute atomic E-state index is 14.2. The number of halogens is 3. The van der Waals surface area contributed by atoms with Crippen LogP contribution in [0.4, 0.5) is 19.0 Å². The monoisotopic (exact) mass is 473 g/mol. The van der Waals surface area contributed by atoms with Crippen molar-refractivity contribution in [1.29, 1.82) is 5.41 Å². The van der Waals surface area contributed by atoms with Crippen LogP contribution in [0.25, 0.3) is 11.1 Å². The van der Waals surface area contributed by atoms with Gasteiger partial charge in [-0.2, -0.15) is 4.39 Å². The highest BCUT2D eigenvalue weighted by atomic mass is 32.2. The quantitative estimate of drug-likeness (QED) is 0.285. The molecular weight excluding hydrogens is 451 g/mol. The number of nitrogens with zero attached hydrogens (tertiary/aromatic N) is 3. The van der Waals surface area contributed by atoms with Crippen LogP contribution in [0.5, 0.6) is 11.5 Å². The molecule has 1 fully saturated rings. The normalized spacial score (nSPS) is 15.0. The first-order valence-electron chi connectivity index (χ1n) is 10.2. The average molecular weight is 474 g/mol. The predicted molar refractivity (Wildman–Crippen MR) is 124 cm³/mol. The van der Waals surface area contributed by atoms with Gasteiger partial charge in [-0.3, -0.25) is 5.41 Å². The molecule has 1 saturated heterocycles. The first-order chi connectivity index (χ1) is 15.7. The first kappa shape index (κ1) is 22.9. The van der Waals surface area contributed by atoms with Crippen LogP contribution in [0.1, 0.15) is 17.5 Å². The van der Waals surface area contributed by atoms with Crippen molar-refractivity contribution in [2.75, 3.05) is 18.0 Å². The number of aryl methyl sites for hydroxylation is 1. The Balaban J connectivity index is 1.61. The Morgan fingerprint density at radius 1 is 1.24 bits per heavy atom. The number of anilines is 1. The van der Waals surface area contributed by atoms with Crippen molar-refractivity contribution in [3.05, 3.63) is 65.9 Å². The van der Waals surface area contributed by atoms with Gasteiger partial charge in [0.15, 0.2) is 5.17 Å². The van der Waals surface area contributed by atoms with Crippen LogP contribution in [-0.4, -0.2) is 34.1 Å². The second kappa shape index (κ2) is 9.30. The fraction of sp³-hybridized carbons (Fsp3) is 0.261. The number of nitrogens with two attached hydrogens (primary N) is 1. The van der Waals surface area contributed by atoms with Gasteiger partial charge >= 0.3 is 0 Å². The Morgan fingerprint density at radius 2 is 2.06 bits per heavy atom. The zero-order valence-corrected chi connectivity index (χ0v) is 18.6. The molecular formula is C23H22F3N5OS. The van der Waals surface area contributed by atoms with Crippen molar-refractivity contribution >= 4 is 22.7 Å². The molecule has 6 nitrogen and oxygen atoms in total. The van der Waals surface area contributed by atoms with Gasteiger partial charge in [-0.15, -0.1) is 0 Å². The summed E-state index contributed by atoms with van der Waals surface area (Å²) in [7, 11) is 0. The molecule has 0 aliphatic carbocycles. The van der Waals surface area contributed by atoms with Gasteiger partial charge in [-0.05, 0) is 48.4 Å². The summed E-state index contributed by atoms with van der Waals surface area (Å²) in [6, 6.07) is 10.2. The minimum atomic E-state index is -2.70. The van der Waals surface area contributed by atoms with E-state index in [0.717, 1.165) is 17.3 Å². The summed E-state index contributed by atoms with van der Waals surface area (Å²) in [5.41, 5.74) is 7.92. The highest BCUT2D eigenvalue weighted by Crippen LogP contribution is 2.36. The predicted octanol–water partition coefficient (Wildman–Crippen LogP) is 5.36. The lowest BCUT2D eigenvalue weighted by Crippen LogP contribution is -2.25. The smallest absolute Gasteiger partial charge is 0.266 e. The van der Waals surface area contributed by atoms with E-state index in [-0.39, 0.29) is 24.7 Å². The van der Waals surface area contributed by atoms with E-state index >= 15 is 0 Å². The lowest BCUT2D eigenvalue weighted by molar-refractivity contribution is 0.0256. The van der Waals surface area contributed by atoms with E-state index in [9.17, 15) is 13.2 Å². The number of hydrogen-bond donors (Lipinski definition) is 2. The number of aromatic nitrogens is 2. The summed E-state index contributed by atoms with van der Waals surface area (Å²) in [4.78, 5) is 9.57. The Hall–Kier alpha value is -3.27. The Morgan fingerprint density at radius 3 is 2.73 bits per heavy atom. The van der Waals surface area contributed by atoms with E-state index in [2.05, 4.69) is 9.97 Å². The summed E-state index contributed by atoms with van der Waals surface area (Å²) >= 11 is 1.12. The number of nitrogens with one attached hydrogen (secondary N) is 1. The van der Waals surface area contributed by atoms with Crippen molar-refractivity contribution in [2.24, 2.45) is 5.73 Å². The van der Waals surface area contributed by atoms with E-state index in [0.29, 0.717) is 39.8 Å². The number of thioether (sulfide) groups is 1. The van der Waals surface area contributed by atoms with E-state index in [1.54, 1.807) is 41.3 Å². The highest BCUT2D eigenvalue weighted by molar-refractivity contribution is 8.13. The van der Waals surface area contributed by atoms with E-state index in [1.165, 1.54) is 12.4 Å². The lowest BCUT2D eigenvalue weighted by Gasteiger charge is -2.19. The highest BCUT2D eigenvalue weighted by Gasteiger charge is 2.38. The zero-order chi connectivity index (χ0) is 23.6. The minimum Gasteiger partial charge on any atom is -0.455 e. The average Bonchev–Trinajstić information content (AvgIpc) is 3.14. The second-order valence-corrected chi connectivity index (χ2v) is 8.77. The molecule has 3 heterocycles. The summed E-state index contributed by atoms with van der Waals surface area (Å²) in [5.74, 6) is -1.50. The van der Waals surface area contributed by atoms with Gasteiger partial charge in [0.2, 0.25) is 5.95 Å². The van der Waals surface area contributed by atoms with Crippen molar-refractivity contribution in [1.82, 2.24) is 9.97 Å². The topological polar surface area (TPSA) is 88.1 Å². The molecule has 0 saturated carbocycles. The van der Waals surface area contributed by atoms with Gasteiger partial charge in [0.05, 0.1) is 12.7 Å². The summed E-state index contributed by atoms with van der Waals surface area (Å²) in [5, 5.41) is 7.46. The number of rotatable bonds is 6. The third-order valence-corrected chi connectivity index (χ3v) is 6.04. The second-order valence-electron chi connectivity index (χ2n) is 7.75. The molecule has 172 valence electrons. The maximum atomic E-state index is 14.2. The molecule has 3 N–H and O–H groups in total. The van der Waals surface area contributed by atoms with Crippen molar-refractivity contribution in [3.8, 4) is 22.6 Å².